The predicted octanol–water partition coefficient (Wildman–Crippen LogP) is 4.03. The first kappa shape index (κ1) is 20.7. The fourth-order valence-electron chi connectivity index (χ4n) is 4.88. The highest BCUT2D eigenvalue weighted by Gasteiger charge is 2.35. The zero-order chi connectivity index (χ0) is 19.9. The summed E-state index contributed by atoms with van der Waals surface area (Å²) in [5.74, 6) is 0.200. The molecule has 1 saturated carbocycles. The molecule has 1 heterocycles. The lowest BCUT2D eigenvalue weighted by Gasteiger charge is -2.40. The van der Waals surface area contributed by atoms with Crippen LogP contribution >= 0.6 is 0 Å². The van der Waals surface area contributed by atoms with E-state index in [2.05, 4.69) is 24.1 Å². The average Bonchev–Trinajstić information content (AvgIpc) is 2.73. The van der Waals surface area contributed by atoms with E-state index < -0.39 is 5.97 Å². The van der Waals surface area contributed by atoms with E-state index in [0.717, 1.165) is 58.2 Å². The number of carbonyl (C=O) groups is 2. The van der Waals surface area contributed by atoms with Gasteiger partial charge >= 0.3 is 5.97 Å². The first-order valence-electron chi connectivity index (χ1n) is 10.8. The number of hydrogen-bond donors (Lipinski definition) is 1. The van der Waals surface area contributed by atoms with E-state index in [4.69, 9.17) is 0 Å². The molecule has 0 unspecified atom stereocenters. The summed E-state index contributed by atoms with van der Waals surface area (Å²) in [6, 6.07) is 10.3. The zero-order valence-electron chi connectivity index (χ0n) is 17.1. The number of para-hydroxylation sites is 1. The summed E-state index contributed by atoms with van der Waals surface area (Å²) in [7, 11) is 2.08. The maximum absolute atomic E-state index is 13.0. The standard InChI is InChI=1S/C23H34N2O3/c1-24(21-10-6-3-7-11-21)14-12-20-17-25(15-13-19(20)16-22(26)27)23(28)18-8-4-2-5-9-18/h3,6-7,10-11,18-20H,2,4-5,8-9,12-17H2,1H3,(H,26,27)/t19-,20-/m0/s1. The largest absolute Gasteiger partial charge is 0.481 e. The summed E-state index contributed by atoms with van der Waals surface area (Å²) in [4.78, 5) is 28.6. The molecule has 2 fully saturated rings. The minimum Gasteiger partial charge on any atom is -0.481 e. The zero-order valence-corrected chi connectivity index (χ0v) is 17.1. The van der Waals surface area contributed by atoms with Gasteiger partial charge in [0.15, 0.2) is 0 Å². The molecule has 1 aliphatic heterocycles. The van der Waals surface area contributed by atoms with Crippen LogP contribution in [0.2, 0.25) is 0 Å². The molecule has 154 valence electrons. The van der Waals surface area contributed by atoms with Crippen molar-refractivity contribution in [3.8, 4) is 0 Å². The van der Waals surface area contributed by atoms with Gasteiger partial charge in [-0.1, -0.05) is 37.5 Å². The number of rotatable bonds is 7. The maximum atomic E-state index is 13.0. The molecular formula is C23H34N2O3. The fourth-order valence-corrected chi connectivity index (χ4v) is 4.88. The van der Waals surface area contributed by atoms with Crippen LogP contribution in [-0.4, -0.2) is 48.6 Å². The number of piperidine rings is 1. The van der Waals surface area contributed by atoms with Gasteiger partial charge in [-0.15, -0.1) is 0 Å². The Balaban J connectivity index is 1.61. The van der Waals surface area contributed by atoms with Crippen molar-refractivity contribution in [1.82, 2.24) is 4.90 Å². The third-order valence-electron chi connectivity index (χ3n) is 6.63. The van der Waals surface area contributed by atoms with Gasteiger partial charge in [-0.25, -0.2) is 0 Å². The van der Waals surface area contributed by atoms with Crippen LogP contribution in [0.5, 0.6) is 0 Å². The third-order valence-corrected chi connectivity index (χ3v) is 6.63. The van der Waals surface area contributed by atoms with Crippen LogP contribution in [0.15, 0.2) is 30.3 Å². The molecule has 1 aliphatic carbocycles. The summed E-state index contributed by atoms with van der Waals surface area (Å²) in [6.45, 7) is 2.31. The Kier molecular flexibility index (Phi) is 7.35. The van der Waals surface area contributed by atoms with Crippen molar-refractivity contribution in [2.45, 2.75) is 51.4 Å². The molecule has 1 saturated heterocycles. The van der Waals surface area contributed by atoms with Gasteiger partial charge in [0.25, 0.3) is 0 Å². The number of nitrogens with zero attached hydrogens (tertiary/aromatic N) is 2. The monoisotopic (exact) mass is 386 g/mol. The van der Waals surface area contributed by atoms with Crippen LogP contribution in [-0.2, 0) is 9.59 Å². The molecule has 28 heavy (non-hydrogen) atoms. The normalized spacial score (nSPS) is 23.4. The van der Waals surface area contributed by atoms with Gasteiger partial charge in [-0.05, 0) is 49.7 Å². The Hall–Kier alpha value is -2.04. The minimum absolute atomic E-state index is 0.164. The van der Waals surface area contributed by atoms with Gasteiger partial charge in [-0.3, -0.25) is 9.59 Å². The van der Waals surface area contributed by atoms with Crippen molar-refractivity contribution in [2.24, 2.45) is 17.8 Å². The molecule has 1 N–H and O–H groups in total. The number of hydrogen-bond acceptors (Lipinski definition) is 3. The Bertz CT molecular complexity index is 643. The molecule has 0 aromatic heterocycles. The predicted molar refractivity (Wildman–Crippen MR) is 111 cm³/mol. The summed E-state index contributed by atoms with van der Waals surface area (Å²) >= 11 is 0. The number of carboxylic acid groups (broad SMARTS) is 1. The van der Waals surface area contributed by atoms with Crippen molar-refractivity contribution in [2.75, 3.05) is 31.6 Å². The number of amides is 1. The molecule has 0 radical (unpaired) electrons. The van der Waals surface area contributed by atoms with E-state index >= 15 is 0 Å². The number of anilines is 1. The Morgan fingerprint density at radius 3 is 2.46 bits per heavy atom. The minimum atomic E-state index is -0.724. The van der Waals surface area contributed by atoms with Crippen LogP contribution in [0.4, 0.5) is 5.69 Å². The van der Waals surface area contributed by atoms with Crippen LogP contribution in [0.1, 0.15) is 51.4 Å². The van der Waals surface area contributed by atoms with Gasteiger partial charge in [0.1, 0.15) is 0 Å². The molecule has 0 bridgehead atoms. The number of benzene rings is 1. The van der Waals surface area contributed by atoms with Gasteiger partial charge < -0.3 is 14.9 Å². The molecular weight excluding hydrogens is 352 g/mol. The fraction of sp³-hybridized carbons (Fsp3) is 0.652. The lowest BCUT2D eigenvalue weighted by atomic mass is 9.80. The maximum Gasteiger partial charge on any atom is 0.303 e. The summed E-state index contributed by atoms with van der Waals surface area (Å²) in [5.41, 5.74) is 1.17. The smallest absolute Gasteiger partial charge is 0.303 e. The second-order valence-corrected chi connectivity index (χ2v) is 8.57. The van der Waals surface area contributed by atoms with Gasteiger partial charge in [-0.2, -0.15) is 0 Å². The van der Waals surface area contributed by atoms with Crippen LogP contribution in [0.25, 0.3) is 0 Å². The van der Waals surface area contributed by atoms with Crippen molar-refractivity contribution < 1.29 is 14.7 Å². The second kappa shape index (κ2) is 9.94. The lowest BCUT2D eigenvalue weighted by Crippen LogP contribution is -2.47. The van der Waals surface area contributed by atoms with E-state index in [1.165, 1.54) is 12.1 Å². The van der Waals surface area contributed by atoms with E-state index in [-0.39, 0.29) is 24.2 Å². The molecule has 5 nitrogen and oxygen atoms in total. The van der Waals surface area contributed by atoms with Crippen LogP contribution < -0.4 is 4.90 Å². The van der Waals surface area contributed by atoms with Crippen LogP contribution in [0, 0.1) is 17.8 Å². The number of carbonyl (C=O) groups excluding carboxylic acids is 1. The summed E-state index contributed by atoms with van der Waals surface area (Å²) in [5, 5.41) is 9.33. The van der Waals surface area contributed by atoms with Gasteiger partial charge in [0.05, 0.1) is 0 Å². The van der Waals surface area contributed by atoms with E-state index in [0.29, 0.717) is 5.91 Å². The van der Waals surface area contributed by atoms with Crippen molar-refractivity contribution >= 4 is 17.6 Å². The van der Waals surface area contributed by atoms with E-state index in [1.807, 2.05) is 23.1 Å². The highest BCUT2D eigenvalue weighted by Crippen LogP contribution is 2.32. The van der Waals surface area contributed by atoms with Crippen molar-refractivity contribution in [1.29, 1.82) is 0 Å². The number of likely N-dealkylation sites (tertiary alicyclic amines) is 1. The summed E-state index contributed by atoms with van der Waals surface area (Å²) in [6.07, 6.45) is 7.56. The molecule has 0 spiro atoms. The quantitative estimate of drug-likeness (QED) is 0.768. The van der Waals surface area contributed by atoms with Gasteiger partial charge in [0, 0.05) is 44.7 Å². The number of aliphatic carboxylic acids is 1. The van der Waals surface area contributed by atoms with E-state index in [1.54, 1.807) is 0 Å². The molecule has 2 aliphatic rings. The Morgan fingerprint density at radius 1 is 1.07 bits per heavy atom. The van der Waals surface area contributed by atoms with Gasteiger partial charge in [0.2, 0.25) is 5.91 Å². The Morgan fingerprint density at radius 2 is 1.79 bits per heavy atom. The molecule has 1 aromatic rings. The number of carboxylic acids is 1. The SMILES string of the molecule is CN(CC[C@H]1CN(C(=O)C2CCCCC2)CC[C@H]1CC(=O)O)c1ccccc1. The molecule has 5 heteroatoms. The first-order chi connectivity index (χ1) is 13.5. The highest BCUT2D eigenvalue weighted by molar-refractivity contribution is 5.79. The molecule has 2 atom stereocenters. The average molecular weight is 387 g/mol. The molecule has 1 amide bonds. The Labute approximate surface area is 168 Å². The lowest BCUT2D eigenvalue weighted by molar-refractivity contribution is -0.141. The molecule has 1 aromatic carbocycles. The summed E-state index contributed by atoms with van der Waals surface area (Å²) < 4.78 is 0. The van der Waals surface area contributed by atoms with Crippen molar-refractivity contribution in [3.63, 3.8) is 0 Å². The second-order valence-electron chi connectivity index (χ2n) is 8.57. The third kappa shape index (κ3) is 5.49. The first-order valence-corrected chi connectivity index (χ1v) is 10.8. The van der Waals surface area contributed by atoms with Crippen LogP contribution in [0.3, 0.4) is 0 Å². The topological polar surface area (TPSA) is 60.9 Å². The molecule has 3 rings (SSSR count). The van der Waals surface area contributed by atoms with Crippen molar-refractivity contribution in [3.05, 3.63) is 30.3 Å². The highest BCUT2D eigenvalue weighted by atomic mass is 16.4. The van der Waals surface area contributed by atoms with E-state index in [9.17, 15) is 14.7 Å².